The standard InChI is InChI=1S/C32H32FN7/c1-3-27-26(16-21(2)29-20-34-11-12-35-29)31(39-38-27)32-36-28-10-6-9-25(30(28)37-32)23-17-22(18-24(33)19-23)8-7-15-40-13-4-5-14-40/h3,6,9-12,16-20,38H,2,4-5,7-8,13-15H2,1H3,(H,36,37)/b26-16+,27-3+. The smallest absolute Gasteiger partial charge is 0.159 e. The van der Waals surface area contributed by atoms with Crippen molar-refractivity contribution in [3.8, 4) is 22.6 Å². The number of benzene rings is 2. The molecule has 6 rings (SSSR count). The summed E-state index contributed by atoms with van der Waals surface area (Å²) in [7, 11) is 0. The predicted molar refractivity (Wildman–Crippen MR) is 158 cm³/mol. The second kappa shape index (κ2) is 11.4. The lowest BCUT2D eigenvalue weighted by Gasteiger charge is -2.14. The molecule has 2 N–H and O–H groups in total. The SMILES string of the molecule is C=C(/C=c1/c(-c2nc3c(-c4cc(F)cc(CCCN5CCCC5)c4)cccc3[nH]2)n[nH]/c1=C/C)c1cnccn1. The number of halogens is 1. The molecule has 0 unspecified atom stereocenters. The van der Waals surface area contributed by atoms with Crippen LogP contribution in [-0.2, 0) is 6.42 Å². The van der Waals surface area contributed by atoms with Crippen LogP contribution < -0.4 is 10.6 Å². The van der Waals surface area contributed by atoms with Gasteiger partial charge in [0, 0.05) is 23.2 Å². The molecule has 0 amide bonds. The molecule has 3 aromatic heterocycles. The quantitative estimate of drug-likeness (QED) is 0.297. The Labute approximate surface area is 232 Å². The van der Waals surface area contributed by atoms with Gasteiger partial charge >= 0.3 is 0 Å². The fourth-order valence-corrected chi connectivity index (χ4v) is 5.46. The maximum Gasteiger partial charge on any atom is 0.159 e. The third-order valence-corrected chi connectivity index (χ3v) is 7.48. The van der Waals surface area contributed by atoms with E-state index in [9.17, 15) is 4.39 Å². The van der Waals surface area contributed by atoms with E-state index >= 15 is 0 Å². The topological polar surface area (TPSA) is 86.4 Å². The van der Waals surface area contributed by atoms with Crippen LogP contribution in [0.4, 0.5) is 4.39 Å². The molecule has 0 aliphatic carbocycles. The van der Waals surface area contributed by atoms with Crippen molar-refractivity contribution in [3.63, 3.8) is 0 Å². The number of imidazole rings is 1. The molecule has 4 heterocycles. The highest BCUT2D eigenvalue weighted by Gasteiger charge is 2.16. The minimum absolute atomic E-state index is 0.226. The third kappa shape index (κ3) is 5.35. The normalized spacial score (nSPS) is 14.9. The molecule has 40 heavy (non-hydrogen) atoms. The summed E-state index contributed by atoms with van der Waals surface area (Å²) in [6.07, 6.45) is 13.3. The fourth-order valence-electron chi connectivity index (χ4n) is 5.46. The Hall–Kier alpha value is -4.43. The average Bonchev–Trinajstić information content (AvgIpc) is 3.73. The maximum atomic E-state index is 14.8. The van der Waals surface area contributed by atoms with Crippen molar-refractivity contribution < 1.29 is 4.39 Å². The predicted octanol–water partition coefficient (Wildman–Crippen LogP) is 4.87. The summed E-state index contributed by atoms with van der Waals surface area (Å²) < 4.78 is 14.8. The lowest BCUT2D eigenvalue weighted by molar-refractivity contribution is 0.334. The summed E-state index contributed by atoms with van der Waals surface area (Å²) in [6.45, 7) is 9.56. The van der Waals surface area contributed by atoms with Gasteiger partial charge in [-0.15, -0.1) is 0 Å². The van der Waals surface area contributed by atoms with Gasteiger partial charge in [0.05, 0.1) is 28.3 Å². The molecular formula is C32H32FN7. The van der Waals surface area contributed by atoms with Crippen molar-refractivity contribution in [2.45, 2.75) is 32.6 Å². The van der Waals surface area contributed by atoms with Gasteiger partial charge in [-0.25, -0.2) is 9.37 Å². The van der Waals surface area contributed by atoms with Gasteiger partial charge in [0.2, 0.25) is 0 Å². The number of hydrogen-bond acceptors (Lipinski definition) is 5. The Morgan fingerprint density at radius 2 is 2.02 bits per heavy atom. The number of para-hydroxylation sites is 1. The average molecular weight is 534 g/mol. The summed E-state index contributed by atoms with van der Waals surface area (Å²) in [5, 5.41) is 9.37. The first-order chi connectivity index (χ1) is 19.6. The molecule has 1 aliphatic heterocycles. The van der Waals surface area contributed by atoms with Crippen molar-refractivity contribution in [3.05, 3.63) is 89.2 Å². The van der Waals surface area contributed by atoms with Gasteiger partial charge in [-0.05, 0) is 93.2 Å². The first kappa shape index (κ1) is 25.8. The zero-order valence-corrected chi connectivity index (χ0v) is 22.6. The first-order valence-corrected chi connectivity index (χ1v) is 13.8. The van der Waals surface area contributed by atoms with E-state index in [1.807, 2.05) is 37.3 Å². The van der Waals surface area contributed by atoms with Crippen molar-refractivity contribution in [1.29, 1.82) is 0 Å². The molecule has 0 bridgehead atoms. The van der Waals surface area contributed by atoms with Crippen LogP contribution in [0.1, 0.15) is 37.4 Å². The highest BCUT2D eigenvalue weighted by molar-refractivity contribution is 5.94. The number of nitrogens with zero attached hydrogens (tertiary/aromatic N) is 5. The Morgan fingerprint density at radius 3 is 2.83 bits per heavy atom. The molecule has 1 saturated heterocycles. The number of aryl methyl sites for hydroxylation is 1. The highest BCUT2D eigenvalue weighted by Crippen LogP contribution is 2.30. The Balaban J connectivity index is 1.35. The summed E-state index contributed by atoms with van der Waals surface area (Å²) in [5.41, 5.74) is 6.42. The van der Waals surface area contributed by atoms with Crippen LogP contribution >= 0.6 is 0 Å². The van der Waals surface area contributed by atoms with Crippen molar-refractivity contribution in [2.24, 2.45) is 0 Å². The van der Waals surface area contributed by atoms with Crippen LogP contribution in [0.15, 0.2) is 61.6 Å². The minimum atomic E-state index is -0.226. The fraction of sp³-hybridized carbons (Fsp3) is 0.250. The molecular weight excluding hydrogens is 501 g/mol. The molecule has 5 aromatic rings. The van der Waals surface area contributed by atoms with E-state index in [2.05, 4.69) is 42.7 Å². The molecule has 0 atom stereocenters. The number of aromatic amines is 2. The highest BCUT2D eigenvalue weighted by atomic mass is 19.1. The largest absolute Gasteiger partial charge is 0.337 e. The number of hydrogen-bond donors (Lipinski definition) is 2. The van der Waals surface area contributed by atoms with Crippen LogP contribution in [0.25, 0.3) is 51.4 Å². The van der Waals surface area contributed by atoms with Crippen molar-refractivity contribution in [2.75, 3.05) is 19.6 Å². The second-order valence-electron chi connectivity index (χ2n) is 10.2. The molecule has 8 heteroatoms. The third-order valence-electron chi connectivity index (χ3n) is 7.48. The van der Waals surface area contributed by atoms with Gasteiger partial charge in [-0.3, -0.25) is 15.1 Å². The summed E-state index contributed by atoms with van der Waals surface area (Å²) in [5.74, 6) is 0.392. The number of rotatable bonds is 8. The van der Waals surface area contributed by atoms with E-state index in [0.717, 1.165) is 57.7 Å². The zero-order valence-electron chi connectivity index (χ0n) is 22.6. The number of H-pyrrole nitrogens is 2. The molecule has 0 radical (unpaired) electrons. The number of allylic oxidation sites excluding steroid dienone is 1. The molecule has 202 valence electrons. The molecule has 7 nitrogen and oxygen atoms in total. The summed E-state index contributed by atoms with van der Waals surface area (Å²) in [4.78, 5) is 19.4. The molecule has 0 saturated carbocycles. The van der Waals surface area contributed by atoms with Gasteiger partial charge in [0.1, 0.15) is 11.5 Å². The van der Waals surface area contributed by atoms with Crippen LogP contribution in [0, 0.1) is 5.82 Å². The molecule has 0 spiro atoms. The first-order valence-electron chi connectivity index (χ1n) is 13.8. The van der Waals surface area contributed by atoms with Gasteiger partial charge in [-0.1, -0.05) is 30.9 Å². The molecule has 2 aromatic carbocycles. The van der Waals surface area contributed by atoms with E-state index in [1.165, 1.54) is 25.9 Å². The van der Waals surface area contributed by atoms with E-state index in [4.69, 9.17) is 4.98 Å². The van der Waals surface area contributed by atoms with Crippen LogP contribution in [0.2, 0.25) is 0 Å². The molecule has 1 aliphatic rings. The Bertz CT molecular complexity index is 1780. The minimum Gasteiger partial charge on any atom is -0.337 e. The van der Waals surface area contributed by atoms with Crippen LogP contribution in [0.5, 0.6) is 0 Å². The van der Waals surface area contributed by atoms with Gasteiger partial charge in [0.25, 0.3) is 0 Å². The lowest BCUT2D eigenvalue weighted by Crippen LogP contribution is -2.23. The number of nitrogens with one attached hydrogen (secondary N) is 2. The second-order valence-corrected chi connectivity index (χ2v) is 10.2. The van der Waals surface area contributed by atoms with E-state index in [1.54, 1.807) is 30.7 Å². The van der Waals surface area contributed by atoms with E-state index in [-0.39, 0.29) is 5.82 Å². The zero-order chi connectivity index (χ0) is 27.5. The molecule has 1 fully saturated rings. The van der Waals surface area contributed by atoms with E-state index < -0.39 is 0 Å². The monoisotopic (exact) mass is 533 g/mol. The van der Waals surface area contributed by atoms with Crippen molar-refractivity contribution in [1.82, 2.24) is 35.0 Å². The van der Waals surface area contributed by atoms with Crippen LogP contribution in [0.3, 0.4) is 0 Å². The lowest BCUT2D eigenvalue weighted by atomic mass is 9.99. The van der Waals surface area contributed by atoms with Gasteiger partial charge < -0.3 is 9.88 Å². The summed E-state index contributed by atoms with van der Waals surface area (Å²) in [6, 6.07) is 11.3. The number of aromatic nitrogens is 6. The maximum absolute atomic E-state index is 14.8. The van der Waals surface area contributed by atoms with Crippen LogP contribution in [-0.4, -0.2) is 54.7 Å². The Morgan fingerprint density at radius 1 is 1.15 bits per heavy atom. The van der Waals surface area contributed by atoms with Gasteiger partial charge in [-0.2, -0.15) is 5.10 Å². The van der Waals surface area contributed by atoms with Crippen molar-refractivity contribution >= 4 is 28.8 Å². The number of fused-ring (bicyclic) bond motifs is 1. The van der Waals surface area contributed by atoms with Gasteiger partial charge in [0.15, 0.2) is 5.82 Å². The summed E-state index contributed by atoms with van der Waals surface area (Å²) >= 11 is 0. The number of likely N-dealkylation sites (tertiary alicyclic amines) is 1. The Kier molecular flexibility index (Phi) is 7.33. The van der Waals surface area contributed by atoms with E-state index in [0.29, 0.717) is 22.8 Å².